The fourth-order valence-electron chi connectivity index (χ4n) is 3.28. The van der Waals surface area contributed by atoms with Crippen LogP contribution in [0.25, 0.3) is 0 Å². The van der Waals surface area contributed by atoms with E-state index in [0.717, 1.165) is 32.7 Å². The maximum Gasteiger partial charge on any atom is 0.273 e. The molecule has 1 amide bonds. The van der Waals surface area contributed by atoms with Gasteiger partial charge in [0, 0.05) is 39.3 Å². The van der Waals surface area contributed by atoms with Crippen molar-refractivity contribution in [2.45, 2.75) is 33.9 Å². The van der Waals surface area contributed by atoms with Crippen molar-refractivity contribution in [3.63, 3.8) is 0 Å². The summed E-state index contributed by atoms with van der Waals surface area (Å²) in [5.41, 5.74) is 3.90. The summed E-state index contributed by atoms with van der Waals surface area (Å²) in [5.74, 6) is -0.0111. The quantitative estimate of drug-likeness (QED) is 0.841. The van der Waals surface area contributed by atoms with Gasteiger partial charge in [0.1, 0.15) is 5.69 Å². The maximum absolute atomic E-state index is 12.9. The molecule has 0 aliphatic carbocycles. The molecule has 6 heteroatoms. The van der Waals surface area contributed by atoms with Crippen LogP contribution in [0.4, 0.5) is 0 Å². The molecule has 0 N–H and O–H groups in total. The standard InChI is InChI=1S/C19H25ClN4O/c1-4-24-18(17(20)15(3)21-24)19(25)23-11-9-22(10-12-23)13-16-8-6-5-7-14(16)2/h5-8H,4,9-13H2,1-3H3. The summed E-state index contributed by atoms with van der Waals surface area (Å²) in [7, 11) is 0. The number of piperazine rings is 1. The third-order valence-electron chi connectivity index (χ3n) is 4.87. The molecule has 3 rings (SSSR count). The Labute approximate surface area is 154 Å². The van der Waals surface area contributed by atoms with E-state index in [1.54, 1.807) is 4.68 Å². The van der Waals surface area contributed by atoms with E-state index >= 15 is 0 Å². The third-order valence-corrected chi connectivity index (χ3v) is 5.32. The highest BCUT2D eigenvalue weighted by Gasteiger charge is 2.27. The summed E-state index contributed by atoms with van der Waals surface area (Å²) in [6.45, 7) is 10.7. The molecule has 0 unspecified atom stereocenters. The lowest BCUT2D eigenvalue weighted by molar-refractivity contribution is 0.0616. The van der Waals surface area contributed by atoms with Gasteiger partial charge in [0.05, 0.1) is 10.7 Å². The number of nitrogens with zero attached hydrogens (tertiary/aromatic N) is 4. The van der Waals surface area contributed by atoms with Crippen molar-refractivity contribution in [1.82, 2.24) is 19.6 Å². The number of rotatable bonds is 4. The lowest BCUT2D eigenvalue weighted by Crippen LogP contribution is -2.48. The van der Waals surface area contributed by atoms with Gasteiger partial charge in [0.2, 0.25) is 0 Å². The second-order valence-corrected chi connectivity index (χ2v) is 6.94. The Morgan fingerprint density at radius 1 is 1.16 bits per heavy atom. The summed E-state index contributed by atoms with van der Waals surface area (Å²) in [4.78, 5) is 17.2. The largest absolute Gasteiger partial charge is 0.335 e. The minimum absolute atomic E-state index is 0.0111. The number of halogens is 1. The Hall–Kier alpha value is -1.85. The molecule has 25 heavy (non-hydrogen) atoms. The molecule has 2 heterocycles. The van der Waals surface area contributed by atoms with Crippen LogP contribution in [-0.4, -0.2) is 51.7 Å². The van der Waals surface area contributed by atoms with Crippen LogP contribution in [0, 0.1) is 13.8 Å². The van der Waals surface area contributed by atoms with Crippen LogP contribution < -0.4 is 0 Å². The van der Waals surface area contributed by atoms with E-state index in [0.29, 0.717) is 23.0 Å². The Balaban J connectivity index is 1.64. The van der Waals surface area contributed by atoms with Crippen molar-refractivity contribution in [2.24, 2.45) is 0 Å². The van der Waals surface area contributed by atoms with Gasteiger partial charge < -0.3 is 4.90 Å². The van der Waals surface area contributed by atoms with E-state index < -0.39 is 0 Å². The van der Waals surface area contributed by atoms with Crippen molar-refractivity contribution < 1.29 is 4.79 Å². The van der Waals surface area contributed by atoms with Crippen molar-refractivity contribution >= 4 is 17.5 Å². The first-order valence-corrected chi connectivity index (χ1v) is 9.18. The molecule has 2 aromatic rings. The number of amides is 1. The van der Waals surface area contributed by atoms with Crippen LogP contribution in [0.2, 0.25) is 5.02 Å². The van der Waals surface area contributed by atoms with Crippen LogP contribution in [0.15, 0.2) is 24.3 Å². The number of aromatic nitrogens is 2. The van der Waals surface area contributed by atoms with Crippen molar-refractivity contribution in [2.75, 3.05) is 26.2 Å². The van der Waals surface area contributed by atoms with Gasteiger partial charge in [0.15, 0.2) is 0 Å². The molecule has 1 aromatic carbocycles. The molecule has 1 fully saturated rings. The molecular weight excluding hydrogens is 336 g/mol. The second-order valence-electron chi connectivity index (χ2n) is 6.56. The molecule has 5 nitrogen and oxygen atoms in total. The van der Waals surface area contributed by atoms with Gasteiger partial charge >= 0.3 is 0 Å². The Morgan fingerprint density at radius 3 is 2.48 bits per heavy atom. The van der Waals surface area contributed by atoms with Crippen LogP contribution in [-0.2, 0) is 13.1 Å². The molecule has 0 radical (unpaired) electrons. The Kier molecular flexibility index (Phi) is 5.45. The molecule has 0 bridgehead atoms. The lowest BCUT2D eigenvalue weighted by atomic mass is 10.1. The minimum atomic E-state index is -0.0111. The first-order valence-electron chi connectivity index (χ1n) is 8.80. The van der Waals surface area contributed by atoms with E-state index in [9.17, 15) is 4.79 Å². The summed E-state index contributed by atoms with van der Waals surface area (Å²) in [6, 6.07) is 8.47. The van der Waals surface area contributed by atoms with E-state index in [4.69, 9.17) is 11.6 Å². The summed E-state index contributed by atoms with van der Waals surface area (Å²) < 4.78 is 1.71. The van der Waals surface area contributed by atoms with Crippen molar-refractivity contribution in [3.05, 3.63) is 51.8 Å². The fraction of sp³-hybridized carbons (Fsp3) is 0.474. The van der Waals surface area contributed by atoms with Gasteiger partial charge in [-0.1, -0.05) is 35.9 Å². The van der Waals surface area contributed by atoms with Gasteiger partial charge in [-0.25, -0.2) is 0 Å². The van der Waals surface area contributed by atoms with Gasteiger partial charge in [-0.2, -0.15) is 5.10 Å². The zero-order chi connectivity index (χ0) is 18.0. The van der Waals surface area contributed by atoms with E-state index in [1.165, 1.54) is 11.1 Å². The van der Waals surface area contributed by atoms with Crippen molar-refractivity contribution in [3.8, 4) is 0 Å². The smallest absolute Gasteiger partial charge is 0.273 e. The minimum Gasteiger partial charge on any atom is -0.335 e. The highest BCUT2D eigenvalue weighted by atomic mass is 35.5. The van der Waals surface area contributed by atoms with Gasteiger partial charge in [0.25, 0.3) is 5.91 Å². The molecule has 1 aliphatic rings. The Bertz CT molecular complexity index is 763. The number of carbonyl (C=O) groups is 1. The average Bonchev–Trinajstić information content (AvgIpc) is 2.91. The zero-order valence-corrected chi connectivity index (χ0v) is 15.9. The van der Waals surface area contributed by atoms with Crippen LogP contribution in [0.5, 0.6) is 0 Å². The first kappa shape index (κ1) is 18.0. The number of benzene rings is 1. The number of aryl methyl sites for hydroxylation is 3. The molecule has 1 saturated heterocycles. The predicted octanol–water partition coefficient (Wildman–Crippen LogP) is 3.13. The number of hydrogen-bond donors (Lipinski definition) is 0. The van der Waals surface area contributed by atoms with E-state index in [-0.39, 0.29) is 5.91 Å². The van der Waals surface area contributed by atoms with Crippen LogP contribution >= 0.6 is 11.6 Å². The molecule has 0 spiro atoms. The van der Waals surface area contributed by atoms with Crippen LogP contribution in [0.3, 0.4) is 0 Å². The topological polar surface area (TPSA) is 41.4 Å². The number of carbonyl (C=O) groups excluding carboxylic acids is 1. The van der Waals surface area contributed by atoms with E-state index in [2.05, 4.69) is 41.2 Å². The third kappa shape index (κ3) is 3.72. The first-order chi connectivity index (χ1) is 12.0. The Morgan fingerprint density at radius 2 is 1.84 bits per heavy atom. The lowest BCUT2D eigenvalue weighted by Gasteiger charge is -2.35. The van der Waals surface area contributed by atoms with E-state index in [1.807, 2.05) is 18.7 Å². The zero-order valence-electron chi connectivity index (χ0n) is 15.1. The second kappa shape index (κ2) is 7.58. The van der Waals surface area contributed by atoms with Gasteiger partial charge in [-0.15, -0.1) is 0 Å². The number of hydrogen-bond acceptors (Lipinski definition) is 3. The molecule has 1 aliphatic heterocycles. The molecule has 0 atom stereocenters. The molecular formula is C19H25ClN4O. The molecule has 0 saturated carbocycles. The average molecular weight is 361 g/mol. The normalized spacial score (nSPS) is 15.6. The van der Waals surface area contributed by atoms with Gasteiger partial charge in [-0.05, 0) is 31.9 Å². The highest BCUT2D eigenvalue weighted by molar-refractivity contribution is 6.34. The fourth-order valence-corrected chi connectivity index (χ4v) is 3.50. The summed E-state index contributed by atoms with van der Waals surface area (Å²) in [6.07, 6.45) is 0. The monoisotopic (exact) mass is 360 g/mol. The maximum atomic E-state index is 12.9. The highest BCUT2D eigenvalue weighted by Crippen LogP contribution is 2.22. The van der Waals surface area contributed by atoms with Crippen LogP contribution in [0.1, 0.15) is 34.2 Å². The van der Waals surface area contributed by atoms with Gasteiger partial charge in [-0.3, -0.25) is 14.4 Å². The SMILES string of the molecule is CCn1nc(C)c(Cl)c1C(=O)N1CCN(Cc2ccccc2C)CC1. The summed E-state index contributed by atoms with van der Waals surface area (Å²) >= 11 is 6.32. The molecule has 134 valence electrons. The molecule has 1 aromatic heterocycles. The predicted molar refractivity (Wildman–Crippen MR) is 100 cm³/mol. The summed E-state index contributed by atoms with van der Waals surface area (Å²) in [5, 5.41) is 4.83. The van der Waals surface area contributed by atoms with Crippen molar-refractivity contribution in [1.29, 1.82) is 0 Å².